The number of nitrogens with two attached hydrogens (primary N) is 1. The molecule has 0 aromatic rings. The Morgan fingerprint density at radius 3 is 2.71 bits per heavy atom. The summed E-state index contributed by atoms with van der Waals surface area (Å²) in [4.78, 5) is 0. The lowest BCUT2D eigenvalue weighted by atomic mass is 9.75. The first-order valence-electron chi connectivity index (χ1n) is 5.77. The maximum absolute atomic E-state index is 5.91. The monoisotopic (exact) mass is 199 g/mol. The van der Waals surface area contributed by atoms with Gasteiger partial charge in [0, 0.05) is 26.2 Å². The molecule has 0 spiro atoms. The number of rotatable bonds is 4. The van der Waals surface area contributed by atoms with Gasteiger partial charge >= 0.3 is 0 Å². The van der Waals surface area contributed by atoms with Crippen LogP contribution in [-0.2, 0) is 0 Å². The largest absolute Gasteiger partial charge is 0.329 e. The van der Waals surface area contributed by atoms with Gasteiger partial charge in [-0.3, -0.25) is 5.01 Å². The molecule has 0 aromatic carbocycles. The van der Waals surface area contributed by atoms with Crippen molar-refractivity contribution in [2.24, 2.45) is 11.7 Å². The highest BCUT2D eigenvalue weighted by Gasteiger charge is 2.34. The van der Waals surface area contributed by atoms with Crippen molar-refractivity contribution < 1.29 is 0 Å². The molecule has 3 N–H and O–H groups in total. The lowest BCUT2D eigenvalue weighted by Gasteiger charge is -2.42. The minimum atomic E-state index is 0.169. The van der Waals surface area contributed by atoms with E-state index in [1.807, 2.05) is 19.1 Å². The molecule has 84 valence electrons. The third-order valence-electron chi connectivity index (χ3n) is 3.38. The van der Waals surface area contributed by atoms with Gasteiger partial charge in [0.2, 0.25) is 0 Å². The Bertz CT molecular complexity index is 170. The number of hydrogen-bond donors (Lipinski definition) is 2. The summed E-state index contributed by atoms with van der Waals surface area (Å²) in [6.45, 7) is 3.04. The van der Waals surface area contributed by atoms with E-state index in [0.29, 0.717) is 0 Å². The van der Waals surface area contributed by atoms with Gasteiger partial charge in [-0.05, 0) is 18.8 Å². The second-order valence-electron chi connectivity index (χ2n) is 4.86. The molecule has 2 atom stereocenters. The van der Waals surface area contributed by atoms with Crippen LogP contribution in [0.3, 0.4) is 0 Å². The van der Waals surface area contributed by atoms with E-state index in [0.717, 1.165) is 12.5 Å². The van der Waals surface area contributed by atoms with Crippen LogP contribution in [0.15, 0.2) is 0 Å². The summed E-state index contributed by atoms with van der Waals surface area (Å²) < 4.78 is 0. The SMILES string of the molecule is CCC1CCCC(CN)(NN(C)C)C1. The van der Waals surface area contributed by atoms with Gasteiger partial charge in [-0.1, -0.05) is 26.2 Å². The van der Waals surface area contributed by atoms with Crippen molar-refractivity contribution in [1.82, 2.24) is 10.4 Å². The average Bonchev–Trinajstić information content (AvgIpc) is 2.17. The van der Waals surface area contributed by atoms with E-state index in [9.17, 15) is 0 Å². The molecule has 14 heavy (non-hydrogen) atoms. The van der Waals surface area contributed by atoms with Crippen LogP contribution >= 0.6 is 0 Å². The van der Waals surface area contributed by atoms with Gasteiger partial charge in [-0.15, -0.1) is 0 Å². The van der Waals surface area contributed by atoms with Crippen molar-refractivity contribution in [2.45, 2.75) is 44.6 Å². The van der Waals surface area contributed by atoms with Gasteiger partial charge in [0.15, 0.2) is 0 Å². The molecule has 0 amide bonds. The lowest BCUT2D eigenvalue weighted by Crippen LogP contribution is -2.58. The van der Waals surface area contributed by atoms with Crippen molar-refractivity contribution >= 4 is 0 Å². The first-order valence-corrected chi connectivity index (χ1v) is 5.77. The Labute approximate surface area is 88.0 Å². The van der Waals surface area contributed by atoms with Crippen molar-refractivity contribution in [3.8, 4) is 0 Å². The standard InChI is InChI=1S/C11H25N3/c1-4-10-6-5-7-11(8-10,9-12)13-14(2)3/h10,13H,4-9,12H2,1-3H3. The first kappa shape index (κ1) is 12.0. The lowest BCUT2D eigenvalue weighted by molar-refractivity contribution is 0.0962. The number of nitrogens with one attached hydrogen (secondary N) is 1. The summed E-state index contributed by atoms with van der Waals surface area (Å²) in [7, 11) is 4.10. The minimum Gasteiger partial charge on any atom is -0.329 e. The molecular weight excluding hydrogens is 174 g/mol. The minimum absolute atomic E-state index is 0.169. The zero-order valence-electron chi connectivity index (χ0n) is 9.84. The van der Waals surface area contributed by atoms with E-state index in [1.165, 1.54) is 32.1 Å². The third-order valence-corrected chi connectivity index (χ3v) is 3.38. The van der Waals surface area contributed by atoms with Gasteiger partial charge in [-0.25, -0.2) is 5.43 Å². The fourth-order valence-corrected chi connectivity index (χ4v) is 2.64. The Morgan fingerprint density at radius 2 is 2.21 bits per heavy atom. The van der Waals surface area contributed by atoms with Crippen LogP contribution in [0.1, 0.15) is 39.0 Å². The summed E-state index contributed by atoms with van der Waals surface area (Å²) in [5.41, 5.74) is 9.60. The van der Waals surface area contributed by atoms with Gasteiger partial charge in [-0.2, -0.15) is 0 Å². The van der Waals surface area contributed by atoms with Gasteiger partial charge in [0.25, 0.3) is 0 Å². The zero-order valence-corrected chi connectivity index (χ0v) is 9.84. The quantitative estimate of drug-likeness (QED) is 0.672. The van der Waals surface area contributed by atoms with Gasteiger partial charge < -0.3 is 5.73 Å². The Morgan fingerprint density at radius 1 is 1.50 bits per heavy atom. The van der Waals surface area contributed by atoms with E-state index < -0.39 is 0 Å². The molecule has 1 aliphatic carbocycles. The van der Waals surface area contributed by atoms with Crippen LogP contribution < -0.4 is 11.2 Å². The number of hydrogen-bond acceptors (Lipinski definition) is 3. The van der Waals surface area contributed by atoms with E-state index in [2.05, 4.69) is 12.3 Å². The van der Waals surface area contributed by atoms with Crippen LogP contribution in [0.5, 0.6) is 0 Å². The van der Waals surface area contributed by atoms with Crippen LogP contribution in [0.25, 0.3) is 0 Å². The maximum atomic E-state index is 5.91. The molecule has 0 aromatic heterocycles. The van der Waals surface area contributed by atoms with Crippen molar-refractivity contribution in [3.05, 3.63) is 0 Å². The smallest absolute Gasteiger partial charge is 0.0450 e. The van der Waals surface area contributed by atoms with Crippen LogP contribution in [0.4, 0.5) is 0 Å². The molecule has 0 heterocycles. The van der Waals surface area contributed by atoms with Crippen LogP contribution in [0, 0.1) is 5.92 Å². The molecule has 1 saturated carbocycles. The zero-order chi connectivity index (χ0) is 10.6. The Kier molecular flexibility index (Phi) is 4.35. The van der Waals surface area contributed by atoms with Crippen molar-refractivity contribution in [1.29, 1.82) is 0 Å². The van der Waals surface area contributed by atoms with E-state index >= 15 is 0 Å². The Balaban J connectivity index is 2.58. The molecule has 1 aliphatic rings. The molecule has 0 bridgehead atoms. The van der Waals surface area contributed by atoms with Crippen LogP contribution in [0.2, 0.25) is 0 Å². The van der Waals surface area contributed by atoms with Crippen molar-refractivity contribution in [2.75, 3.05) is 20.6 Å². The van der Waals surface area contributed by atoms with E-state index in [1.54, 1.807) is 0 Å². The second-order valence-corrected chi connectivity index (χ2v) is 4.86. The predicted molar refractivity (Wildman–Crippen MR) is 60.9 cm³/mol. The normalized spacial score (nSPS) is 33.6. The number of hydrazine groups is 1. The summed E-state index contributed by atoms with van der Waals surface area (Å²) in [5.74, 6) is 0.861. The summed E-state index contributed by atoms with van der Waals surface area (Å²) in [6.07, 6.45) is 6.44. The highest BCUT2D eigenvalue weighted by molar-refractivity contribution is 4.93. The fourth-order valence-electron chi connectivity index (χ4n) is 2.64. The van der Waals surface area contributed by atoms with Crippen molar-refractivity contribution in [3.63, 3.8) is 0 Å². The average molecular weight is 199 g/mol. The second kappa shape index (κ2) is 5.10. The van der Waals surface area contributed by atoms with Crippen LogP contribution in [-0.4, -0.2) is 31.2 Å². The number of nitrogens with zero attached hydrogens (tertiary/aromatic N) is 1. The highest BCUT2D eigenvalue weighted by atomic mass is 15.5. The highest BCUT2D eigenvalue weighted by Crippen LogP contribution is 2.33. The van der Waals surface area contributed by atoms with Gasteiger partial charge in [0.1, 0.15) is 0 Å². The third kappa shape index (κ3) is 2.94. The molecule has 1 rings (SSSR count). The van der Waals surface area contributed by atoms with E-state index in [4.69, 9.17) is 5.73 Å². The summed E-state index contributed by atoms with van der Waals surface area (Å²) in [6, 6.07) is 0. The fraction of sp³-hybridized carbons (Fsp3) is 1.00. The topological polar surface area (TPSA) is 41.3 Å². The summed E-state index contributed by atoms with van der Waals surface area (Å²) >= 11 is 0. The van der Waals surface area contributed by atoms with Gasteiger partial charge in [0.05, 0.1) is 0 Å². The molecular formula is C11H25N3. The Hall–Kier alpha value is -0.120. The molecule has 0 saturated heterocycles. The molecule has 0 aliphatic heterocycles. The molecule has 2 unspecified atom stereocenters. The molecule has 3 heteroatoms. The molecule has 0 radical (unpaired) electrons. The molecule has 1 fully saturated rings. The molecule has 3 nitrogen and oxygen atoms in total. The first-order chi connectivity index (χ1) is 6.62. The van der Waals surface area contributed by atoms with E-state index in [-0.39, 0.29) is 5.54 Å². The predicted octanol–water partition coefficient (Wildman–Crippen LogP) is 1.35. The maximum Gasteiger partial charge on any atom is 0.0450 e. The summed E-state index contributed by atoms with van der Waals surface area (Å²) in [5, 5.41) is 2.05.